The molecule has 4 nitrogen and oxygen atoms in total. The Morgan fingerprint density at radius 2 is 1.95 bits per heavy atom. The minimum atomic E-state index is -0.470. The minimum Gasteiger partial charge on any atom is -0.381 e. The van der Waals surface area contributed by atoms with E-state index in [-0.39, 0.29) is 5.78 Å². The van der Waals surface area contributed by atoms with Crippen LogP contribution in [0.15, 0.2) is 42.7 Å². The molecule has 1 saturated heterocycles. The molecule has 2 heterocycles. The molecule has 0 aliphatic carbocycles. The van der Waals surface area contributed by atoms with Gasteiger partial charge in [0.1, 0.15) is 0 Å². The number of rotatable bonds is 3. The number of ether oxygens (including phenoxy) is 1. The molecule has 0 spiro atoms. The molecule has 1 aromatic heterocycles. The standard InChI is InChI=1S/C16H18N2O2/c1-18-12-13(11-17-18)15(19)16(7-9-20-10-8-16)14-5-3-2-4-6-14/h2-6,11-12H,7-10H2,1H3. The van der Waals surface area contributed by atoms with E-state index in [9.17, 15) is 4.79 Å². The molecule has 0 amide bonds. The fourth-order valence-electron chi connectivity index (χ4n) is 2.94. The molecule has 104 valence electrons. The topological polar surface area (TPSA) is 44.1 Å². The molecule has 0 saturated carbocycles. The van der Waals surface area contributed by atoms with E-state index in [0.717, 1.165) is 18.4 Å². The molecule has 0 radical (unpaired) electrons. The molecule has 2 aromatic rings. The van der Waals surface area contributed by atoms with Gasteiger partial charge in [0, 0.05) is 26.5 Å². The van der Waals surface area contributed by atoms with Crippen molar-refractivity contribution in [2.45, 2.75) is 18.3 Å². The van der Waals surface area contributed by atoms with Gasteiger partial charge in [-0.25, -0.2) is 0 Å². The van der Waals surface area contributed by atoms with Crippen molar-refractivity contribution in [1.82, 2.24) is 9.78 Å². The Labute approximate surface area is 118 Å². The van der Waals surface area contributed by atoms with Gasteiger partial charge in [0.25, 0.3) is 0 Å². The van der Waals surface area contributed by atoms with Crippen LogP contribution in [-0.2, 0) is 17.2 Å². The number of carbonyl (C=O) groups is 1. The van der Waals surface area contributed by atoms with Crippen molar-refractivity contribution >= 4 is 5.78 Å². The third-order valence-corrected chi connectivity index (χ3v) is 4.07. The second kappa shape index (κ2) is 5.21. The lowest BCUT2D eigenvalue weighted by Gasteiger charge is -2.36. The molecule has 20 heavy (non-hydrogen) atoms. The molecule has 4 heteroatoms. The lowest BCUT2D eigenvalue weighted by atomic mass is 9.69. The third-order valence-electron chi connectivity index (χ3n) is 4.07. The lowest BCUT2D eigenvalue weighted by molar-refractivity contribution is 0.0424. The van der Waals surface area contributed by atoms with Crippen molar-refractivity contribution in [3.63, 3.8) is 0 Å². The van der Waals surface area contributed by atoms with Crippen molar-refractivity contribution in [2.24, 2.45) is 7.05 Å². The monoisotopic (exact) mass is 270 g/mol. The van der Waals surface area contributed by atoms with Gasteiger partial charge in [-0.05, 0) is 18.4 Å². The van der Waals surface area contributed by atoms with Crippen molar-refractivity contribution in [1.29, 1.82) is 0 Å². The molecule has 3 rings (SSSR count). The second-order valence-electron chi connectivity index (χ2n) is 5.29. The van der Waals surface area contributed by atoms with E-state index in [1.165, 1.54) is 0 Å². The van der Waals surface area contributed by atoms with Crippen LogP contribution in [0, 0.1) is 0 Å². The van der Waals surface area contributed by atoms with E-state index in [1.807, 2.05) is 37.4 Å². The molecule has 1 fully saturated rings. The SMILES string of the molecule is Cn1cc(C(=O)C2(c3ccccc3)CCOCC2)cn1. The second-order valence-corrected chi connectivity index (χ2v) is 5.29. The Kier molecular flexibility index (Phi) is 3.40. The average Bonchev–Trinajstić information content (AvgIpc) is 2.94. The van der Waals surface area contributed by atoms with Gasteiger partial charge in [0.05, 0.1) is 17.2 Å². The molecule has 0 bridgehead atoms. The van der Waals surface area contributed by atoms with Crippen molar-refractivity contribution in [3.05, 3.63) is 53.9 Å². The Morgan fingerprint density at radius 1 is 1.25 bits per heavy atom. The van der Waals surface area contributed by atoms with E-state index >= 15 is 0 Å². The zero-order chi connectivity index (χ0) is 14.0. The normalized spacial score (nSPS) is 17.9. The zero-order valence-corrected chi connectivity index (χ0v) is 11.6. The first-order valence-corrected chi connectivity index (χ1v) is 6.89. The van der Waals surface area contributed by atoms with Crippen LogP contribution < -0.4 is 0 Å². The number of aromatic nitrogens is 2. The summed E-state index contributed by atoms with van der Waals surface area (Å²) in [5.41, 5.74) is 1.29. The number of hydrogen-bond donors (Lipinski definition) is 0. The summed E-state index contributed by atoms with van der Waals surface area (Å²) in [5.74, 6) is 0.153. The Morgan fingerprint density at radius 3 is 2.55 bits per heavy atom. The van der Waals surface area contributed by atoms with E-state index < -0.39 is 5.41 Å². The van der Waals surface area contributed by atoms with Gasteiger partial charge < -0.3 is 4.74 Å². The highest BCUT2D eigenvalue weighted by molar-refractivity contribution is 6.03. The fourth-order valence-corrected chi connectivity index (χ4v) is 2.94. The van der Waals surface area contributed by atoms with E-state index in [4.69, 9.17) is 4.74 Å². The van der Waals surface area contributed by atoms with E-state index in [1.54, 1.807) is 17.1 Å². The van der Waals surface area contributed by atoms with Crippen LogP contribution in [-0.4, -0.2) is 28.8 Å². The Balaban J connectivity index is 2.04. The zero-order valence-electron chi connectivity index (χ0n) is 11.6. The molecule has 0 unspecified atom stereocenters. The Bertz CT molecular complexity index is 598. The summed E-state index contributed by atoms with van der Waals surface area (Å²) in [7, 11) is 1.83. The number of hydrogen-bond acceptors (Lipinski definition) is 3. The summed E-state index contributed by atoms with van der Waals surface area (Å²) in [6, 6.07) is 10.0. The lowest BCUT2D eigenvalue weighted by Crippen LogP contribution is -2.41. The van der Waals surface area contributed by atoms with Gasteiger partial charge in [-0.2, -0.15) is 5.10 Å². The summed E-state index contributed by atoms with van der Waals surface area (Å²) in [6.45, 7) is 1.25. The summed E-state index contributed by atoms with van der Waals surface area (Å²) < 4.78 is 7.14. The molecule has 0 atom stereocenters. The molecule has 1 aromatic carbocycles. The fraction of sp³-hybridized carbons (Fsp3) is 0.375. The van der Waals surface area contributed by atoms with Gasteiger partial charge in [-0.3, -0.25) is 9.48 Å². The van der Waals surface area contributed by atoms with Crippen molar-refractivity contribution in [2.75, 3.05) is 13.2 Å². The number of benzene rings is 1. The van der Waals surface area contributed by atoms with Crippen LogP contribution in [0.3, 0.4) is 0 Å². The van der Waals surface area contributed by atoms with Gasteiger partial charge in [0.2, 0.25) is 0 Å². The van der Waals surface area contributed by atoms with Crippen LogP contribution >= 0.6 is 0 Å². The number of nitrogens with zero attached hydrogens (tertiary/aromatic N) is 2. The maximum atomic E-state index is 13.0. The first kappa shape index (κ1) is 13.1. The van der Waals surface area contributed by atoms with Gasteiger partial charge in [0.15, 0.2) is 5.78 Å². The number of Topliss-reactive ketones (excluding diaryl/α,β-unsaturated/α-hetero) is 1. The summed E-state index contributed by atoms with van der Waals surface area (Å²) in [6.07, 6.45) is 4.90. The van der Waals surface area contributed by atoms with Crippen molar-refractivity contribution in [3.8, 4) is 0 Å². The highest BCUT2D eigenvalue weighted by Gasteiger charge is 2.42. The highest BCUT2D eigenvalue weighted by atomic mass is 16.5. The number of ketones is 1. The minimum absolute atomic E-state index is 0.153. The van der Waals surface area contributed by atoms with Gasteiger partial charge >= 0.3 is 0 Å². The first-order valence-electron chi connectivity index (χ1n) is 6.89. The first-order chi connectivity index (χ1) is 9.72. The van der Waals surface area contributed by atoms with Crippen LogP contribution in [0.4, 0.5) is 0 Å². The van der Waals surface area contributed by atoms with Gasteiger partial charge in [-0.1, -0.05) is 30.3 Å². The molecule has 1 aliphatic rings. The average molecular weight is 270 g/mol. The third kappa shape index (κ3) is 2.16. The largest absolute Gasteiger partial charge is 0.381 e. The summed E-state index contributed by atoms with van der Waals surface area (Å²) >= 11 is 0. The van der Waals surface area contributed by atoms with Crippen LogP contribution in [0.5, 0.6) is 0 Å². The maximum absolute atomic E-state index is 13.0. The van der Waals surface area contributed by atoms with E-state index in [0.29, 0.717) is 18.8 Å². The van der Waals surface area contributed by atoms with Crippen LogP contribution in [0.25, 0.3) is 0 Å². The number of aryl methyl sites for hydroxylation is 1. The van der Waals surface area contributed by atoms with Crippen LogP contribution in [0.1, 0.15) is 28.8 Å². The maximum Gasteiger partial charge on any atom is 0.176 e. The summed E-state index contributed by atoms with van der Waals surface area (Å²) in [4.78, 5) is 13.0. The highest BCUT2D eigenvalue weighted by Crippen LogP contribution is 2.37. The predicted octanol–water partition coefficient (Wildman–Crippen LogP) is 2.35. The molecular weight excluding hydrogens is 252 g/mol. The molecule has 0 N–H and O–H groups in total. The smallest absolute Gasteiger partial charge is 0.176 e. The quantitative estimate of drug-likeness (QED) is 0.804. The predicted molar refractivity (Wildman–Crippen MR) is 75.7 cm³/mol. The number of carbonyl (C=O) groups excluding carboxylic acids is 1. The van der Waals surface area contributed by atoms with E-state index in [2.05, 4.69) is 5.10 Å². The molecule has 1 aliphatic heterocycles. The Hall–Kier alpha value is -1.94. The van der Waals surface area contributed by atoms with Gasteiger partial charge in [-0.15, -0.1) is 0 Å². The summed E-state index contributed by atoms with van der Waals surface area (Å²) in [5, 5.41) is 4.12. The van der Waals surface area contributed by atoms with Crippen LogP contribution in [0.2, 0.25) is 0 Å². The van der Waals surface area contributed by atoms with Crippen molar-refractivity contribution < 1.29 is 9.53 Å². The molecular formula is C16H18N2O2.